The van der Waals surface area contributed by atoms with E-state index in [1.54, 1.807) is 18.2 Å². The molecule has 0 radical (unpaired) electrons. The molecule has 6 nitrogen and oxygen atoms in total. The van der Waals surface area contributed by atoms with E-state index in [-0.39, 0.29) is 36.2 Å². The van der Waals surface area contributed by atoms with E-state index in [1.807, 2.05) is 4.90 Å². The van der Waals surface area contributed by atoms with Gasteiger partial charge in [0.25, 0.3) is 17.7 Å². The van der Waals surface area contributed by atoms with E-state index in [9.17, 15) is 14.4 Å². The lowest BCUT2D eigenvalue weighted by atomic mass is 9.98. The van der Waals surface area contributed by atoms with Crippen LogP contribution in [0.15, 0.2) is 18.2 Å². The number of rotatable bonds is 1. The molecule has 1 saturated heterocycles. The van der Waals surface area contributed by atoms with Gasteiger partial charge in [0.2, 0.25) is 0 Å². The molecule has 0 bridgehead atoms. The minimum atomic E-state index is -0.347. The molecule has 2 fully saturated rings. The first-order chi connectivity index (χ1) is 11.0. The molecule has 0 aromatic heterocycles. The Bertz CT molecular complexity index is 736. The molecular weight excluding hydrogens is 330 g/mol. The maximum Gasteiger partial charge on any atom is 0.261 e. The Hall–Kier alpha value is -1.92. The average Bonchev–Trinajstić information content (AvgIpc) is 3.19. The van der Waals surface area contributed by atoms with E-state index in [4.69, 9.17) is 5.73 Å². The molecule has 2 heterocycles. The number of halogens is 1. The van der Waals surface area contributed by atoms with Crippen molar-refractivity contribution in [3.63, 3.8) is 0 Å². The Morgan fingerprint density at radius 3 is 2.54 bits per heavy atom. The van der Waals surface area contributed by atoms with Crippen LogP contribution < -0.4 is 5.73 Å². The van der Waals surface area contributed by atoms with Gasteiger partial charge in [-0.1, -0.05) is 0 Å². The van der Waals surface area contributed by atoms with Crippen LogP contribution in [-0.4, -0.2) is 53.7 Å². The molecule has 1 aromatic carbocycles. The van der Waals surface area contributed by atoms with Crippen LogP contribution in [0.5, 0.6) is 0 Å². The third-order valence-electron chi connectivity index (χ3n) is 5.54. The number of fused-ring (bicyclic) bond motifs is 2. The molecule has 3 amide bonds. The number of likely N-dealkylation sites (tertiary alicyclic amines) is 1. The van der Waals surface area contributed by atoms with Crippen LogP contribution in [0.3, 0.4) is 0 Å². The maximum atomic E-state index is 12.7. The van der Waals surface area contributed by atoms with Crippen LogP contribution in [0, 0.1) is 11.8 Å². The molecule has 1 aliphatic carbocycles. The van der Waals surface area contributed by atoms with Gasteiger partial charge >= 0.3 is 0 Å². The molecule has 24 heavy (non-hydrogen) atoms. The zero-order valence-corrected chi connectivity index (χ0v) is 14.2. The minimum absolute atomic E-state index is 0. The summed E-state index contributed by atoms with van der Waals surface area (Å²) in [5.41, 5.74) is 7.27. The number of carbonyl (C=O) groups is 3. The van der Waals surface area contributed by atoms with Crippen LogP contribution in [-0.2, 0) is 0 Å². The van der Waals surface area contributed by atoms with Gasteiger partial charge in [-0.05, 0) is 42.9 Å². The topological polar surface area (TPSA) is 83.7 Å². The normalized spacial score (nSPS) is 28.0. The summed E-state index contributed by atoms with van der Waals surface area (Å²) in [6.07, 6.45) is 2.12. The fourth-order valence-electron chi connectivity index (χ4n) is 4.15. The molecular formula is C17H20ClN3O3. The number of carbonyl (C=O) groups excluding carboxylic acids is 3. The number of nitrogens with zero attached hydrogens (tertiary/aromatic N) is 2. The van der Waals surface area contributed by atoms with Crippen LogP contribution in [0.4, 0.5) is 0 Å². The van der Waals surface area contributed by atoms with Crippen LogP contribution in [0.25, 0.3) is 0 Å². The van der Waals surface area contributed by atoms with Crippen molar-refractivity contribution >= 4 is 30.1 Å². The first-order valence-corrected chi connectivity index (χ1v) is 7.98. The van der Waals surface area contributed by atoms with Gasteiger partial charge < -0.3 is 10.6 Å². The molecule has 7 heteroatoms. The zero-order chi connectivity index (χ0) is 16.3. The van der Waals surface area contributed by atoms with Crippen molar-refractivity contribution < 1.29 is 14.4 Å². The molecule has 1 saturated carbocycles. The summed E-state index contributed by atoms with van der Waals surface area (Å²) in [6.45, 7) is 1.43. The van der Waals surface area contributed by atoms with Crippen molar-refractivity contribution in [3.8, 4) is 0 Å². The van der Waals surface area contributed by atoms with Crippen molar-refractivity contribution in [1.29, 1.82) is 0 Å². The van der Waals surface area contributed by atoms with Crippen molar-refractivity contribution in [2.45, 2.75) is 18.9 Å². The summed E-state index contributed by atoms with van der Waals surface area (Å²) >= 11 is 0. The largest absolute Gasteiger partial charge is 0.338 e. The van der Waals surface area contributed by atoms with Gasteiger partial charge in [-0.15, -0.1) is 12.4 Å². The third-order valence-corrected chi connectivity index (χ3v) is 5.54. The van der Waals surface area contributed by atoms with Gasteiger partial charge in [0.15, 0.2) is 0 Å². The second-order valence-electron chi connectivity index (χ2n) is 6.80. The third kappa shape index (κ3) is 2.32. The maximum absolute atomic E-state index is 12.7. The molecule has 3 unspecified atom stereocenters. The molecule has 3 aliphatic rings. The summed E-state index contributed by atoms with van der Waals surface area (Å²) in [5, 5.41) is 0. The Morgan fingerprint density at radius 1 is 1.12 bits per heavy atom. The van der Waals surface area contributed by atoms with Crippen molar-refractivity contribution in [1.82, 2.24) is 9.80 Å². The number of benzene rings is 1. The van der Waals surface area contributed by atoms with Gasteiger partial charge in [0.05, 0.1) is 11.1 Å². The lowest BCUT2D eigenvalue weighted by Crippen LogP contribution is -2.33. The van der Waals surface area contributed by atoms with Gasteiger partial charge in [0, 0.05) is 31.7 Å². The number of hydrogen-bond acceptors (Lipinski definition) is 4. The standard InChI is InChI=1S/C17H19N3O3.ClH/c1-19-16(22)11-4-2-9(6-12(11)17(19)23)15(21)20-7-10-3-5-14(18)13(10)8-20;/h2,4,6,10,13-14H,3,5,7-8,18H2,1H3;1H. The van der Waals surface area contributed by atoms with E-state index < -0.39 is 0 Å². The van der Waals surface area contributed by atoms with E-state index in [0.29, 0.717) is 35.1 Å². The van der Waals surface area contributed by atoms with Crippen LogP contribution >= 0.6 is 12.4 Å². The molecule has 2 N–H and O–H groups in total. The monoisotopic (exact) mass is 349 g/mol. The van der Waals surface area contributed by atoms with E-state index in [2.05, 4.69) is 0 Å². The number of hydrogen-bond donors (Lipinski definition) is 1. The summed E-state index contributed by atoms with van der Waals surface area (Å²) in [5.74, 6) is 0.148. The first kappa shape index (κ1) is 16.9. The second-order valence-corrected chi connectivity index (χ2v) is 6.80. The highest BCUT2D eigenvalue weighted by Crippen LogP contribution is 2.37. The van der Waals surface area contributed by atoms with Gasteiger partial charge in [0.1, 0.15) is 0 Å². The second kappa shape index (κ2) is 5.86. The lowest BCUT2D eigenvalue weighted by Gasteiger charge is -2.19. The van der Waals surface area contributed by atoms with E-state index in [0.717, 1.165) is 24.3 Å². The van der Waals surface area contributed by atoms with Crippen LogP contribution in [0.2, 0.25) is 0 Å². The Balaban J connectivity index is 0.00000169. The molecule has 2 aliphatic heterocycles. The smallest absolute Gasteiger partial charge is 0.261 e. The SMILES string of the molecule is CN1C(=O)c2ccc(C(=O)N3CC4CCC(N)C4C3)cc2C1=O.Cl. The Labute approximate surface area is 146 Å². The number of imide groups is 1. The Kier molecular flexibility index (Phi) is 4.13. The summed E-state index contributed by atoms with van der Waals surface area (Å²) in [7, 11) is 1.45. The van der Waals surface area contributed by atoms with Crippen molar-refractivity contribution in [2.75, 3.05) is 20.1 Å². The van der Waals surface area contributed by atoms with Crippen molar-refractivity contribution in [3.05, 3.63) is 34.9 Å². The lowest BCUT2D eigenvalue weighted by molar-refractivity contribution is 0.0692. The van der Waals surface area contributed by atoms with Gasteiger partial charge in [-0.2, -0.15) is 0 Å². The first-order valence-electron chi connectivity index (χ1n) is 7.98. The predicted molar refractivity (Wildman–Crippen MR) is 90.2 cm³/mol. The van der Waals surface area contributed by atoms with Gasteiger partial charge in [-0.25, -0.2) is 0 Å². The van der Waals surface area contributed by atoms with Gasteiger partial charge in [-0.3, -0.25) is 19.3 Å². The summed E-state index contributed by atoms with van der Waals surface area (Å²) in [6, 6.07) is 4.95. The van der Waals surface area contributed by atoms with E-state index >= 15 is 0 Å². The molecule has 0 spiro atoms. The minimum Gasteiger partial charge on any atom is -0.338 e. The molecule has 4 rings (SSSR count). The van der Waals surface area contributed by atoms with Crippen molar-refractivity contribution in [2.24, 2.45) is 17.6 Å². The average molecular weight is 350 g/mol. The molecule has 3 atom stereocenters. The highest BCUT2D eigenvalue weighted by atomic mass is 35.5. The Morgan fingerprint density at radius 2 is 1.83 bits per heavy atom. The molecule has 1 aromatic rings. The number of amides is 3. The van der Waals surface area contributed by atoms with E-state index in [1.165, 1.54) is 7.05 Å². The quantitative estimate of drug-likeness (QED) is 0.771. The predicted octanol–water partition coefficient (Wildman–Crippen LogP) is 1.14. The summed E-state index contributed by atoms with van der Waals surface area (Å²) in [4.78, 5) is 39.6. The highest BCUT2D eigenvalue weighted by molar-refractivity contribution is 6.21. The summed E-state index contributed by atoms with van der Waals surface area (Å²) < 4.78 is 0. The fourth-order valence-corrected chi connectivity index (χ4v) is 4.15. The molecule has 128 valence electrons. The number of nitrogens with two attached hydrogens (primary N) is 1. The fraction of sp³-hybridized carbons (Fsp3) is 0.471. The zero-order valence-electron chi connectivity index (χ0n) is 13.4. The highest BCUT2D eigenvalue weighted by Gasteiger charge is 2.43. The van der Waals surface area contributed by atoms with Crippen LogP contribution in [0.1, 0.15) is 43.9 Å².